The largest absolute Gasteiger partial charge is 0.507 e. The number of amides is 2. The van der Waals surface area contributed by atoms with Crippen LogP contribution in [0.1, 0.15) is 47.9 Å². The summed E-state index contributed by atoms with van der Waals surface area (Å²) >= 11 is 13.9. The number of alkyl halides is 2. The van der Waals surface area contributed by atoms with Gasteiger partial charge in [0.2, 0.25) is 6.29 Å². The van der Waals surface area contributed by atoms with Crippen molar-refractivity contribution in [1.29, 1.82) is 0 Å². The predicted molar refractivity (Wildman–Crippen MR) is 197 cm³/mol. The number of carbonyl (C=O) groups is 3. The Hall–Kier alpha value is -4.21. The monoisotopic (exact) mass is 780 g/mol. The lowest BCUT2D eigenvalue weighted by Crippen LogP contribution is -2.60. The topological polar surface area (TPSA) is 177 Å². The Morgan fingerprint density at radius 1 is 0.868 bits per heavy atom. The van der Waals surface area contributed by atoms with Crippen molar-refractivity contribution < 1.29 is 49.4 Å². The molecule has 8 rings (SSSR count). The molecule has 4 aromatic rings. The molecule has 4 heterocycles. The van der Waals surface area contributed by atoms with Crippen LogP contribution in [0.25, 0.3) is 16.5 Å². The van der Waals surface area contributed by atoms with Crippen molar-refractivity contribution in [3.8, 4) is 5.75 Å². The fourth-order valence-electron chi connectivity index (χ4n) is 8.18. The van der Waals surface area contributed by atoms with E-state index in [4.69, 9.17) is 32.7 Å². The number of aromatic hydroxyl groups is 1. The first-order chi connectivity index (χ1) is 25.5. The molecule has 12 nitrogen and oxygen atoms in total. The van der Waals surface area contributed by atoms with Crippen LogP contribution in [0.2, 0.25) is 0 Å². The van der Waals surface area contributed by atoms with Crippen LogP contribution in [0.4, 0.5) is 5.69 Å². The first kappa shape index (κ1) is 35.8. The van der Waals surface area contributed by atoms with Gasteiger partial charge in [-0.05, 0) is 40.6 Å². The highest BCUT2D eigenvalue weighted by Gasteiger charge is 2.51. The zero-order valence-electron chi connectivity index (χ0n) is 27.8. The SMILES string of the molecule is O=C(O)C1OC(OC2=CC3C(c4ccccc42)C(CCl)CN3C(=O)c2ccc(C(=O)N3CC(CCl)c4c3cc(O)c3ccccc43)s2)C(O)C(O)C1O. The number of rotatable bonds is 7. The lowest BCUT2D eigenvalue weighted by Gasteiger charge is -2.40. The van der Waals surface area contributed by atoms with Crippen molar-refractivity contribution >= 4 is 74.5 Å². The second-order valence-corrected chi connectivity index (χ2v) is 15.4. The number of aliphatic hydroxyl groups excluding tert-OH is 3. The van der Waals surface area contributed by atoms with Gasteiger partial charge in [-0.2, -0.15) is 0 Å². The minimum atomic E-state index is -1.89. The van der Waals surface area contributed by atoms with Crippen LogP contribution in [0.15, 0.2) is 72.8 Å². The number of aliphatic hydroxyl groups is 3. The third-order valence-electron chi connectivity index (χ3n) is 10.7. The summed E-state index contributed by atoms with van der Waals surface area (Å²) < 4.78 is 11.5. The van der Waals surface area contributed by atoms with Gasteiger partial charge in [0, 0.05) is 53.7 Å². The molecule has 0 saturated carbocycles. The van der Waals surface area contributed by atoms with Crippen LogP contribution in [-0.4, -0.2) is 110 Å². The number of carboxylic acid groups (broad SMARTS) is 1. The first-order valence-corrected chi connectivity index (χ1v) is 18.9. The van der Waals surface area contributed by atoms with Gasteiger partial charge in [0.1, 0.15) is 29.8 Å². The van der Waals surface area contributed by atoms with Gasteiger partial charge >= 0.3 is 5.97 Å². The summed E-state index contributed by atoms with van der Waals surface area (Å²) in [5, 5.41) is 53.2. The van der Waals surface area contributed by atoms with E-state index in [0.29, 0.717) is 32.9 Å². The molecule has 0 bridgehead atoms. The smallest absolute Gasteiger partial charge is 0.335 e. The maximum atomic E-state index is 14.3. The third-order valence-corrected chi connectivity index (χ3v) is 12.5. The fourth-order valence-corrected chi connectivity index (χ4v) is 9.63. The third kappa shape index (κ3) is 5.86. The first-order valence-electron chi connectivity index (χ1n) is 17.0. The number of carboxylic acids is 1. The number of ether oxygens (including phenoxy) is 2. The summed E-state index contributed by atoms with van der Waals surface area (Å²) in [6.45, 7) is 0.601. The number of hydrogen-bond acceptors (Lipinski definition) is 10. The molecule has 0 spiro atoms. The highest BCUT2D eigenvalue weighted by molar-refractivity contribution is 7.16. The minimum absolute atomic E-state index is 0.0531. The maximum Gasteiger partial charge on any atom is 0.335 e. The van der Waals surface area contributed by atoms with Crippen molar-refractivity contribution in [1.82, 2.24) is 4.90 Å². The molecule has 15 heteroatoms. The molecule has 1 aromatic heterocycles. The number of likely N-dealkylation sites (tertiary alicyclic amines) is 1. The normalized spacial score (nSPS) is 29.0. The summed E-state index contributed by atoms with van der Waals surface area (Å²) in [5.74, 6) is -2.01. The number of phenols is 1. The van der Waals surface area contributed by atoms with Crippen LogP contribution in [0.5, 0.6) is 5.75 Å². The Labute approximate surface area is 317 Å². The Morgan fingerprint density at radius 2 is 1.57 bits per heavy atom. The van der Waals surface area contributed by atoms with Gasteiger partial charge in [0.15, 0.2) is 6.10 Å². The lowest BCUT2D eigenvalue weighted by molar-refractivity contribution is -0.277. The summed E-state index contributed by atoms with van der Waals surface area (Å²) in [7, 11) is 0. The Kier molecular flexibility index (Phi) is 9.38. The lowest BCUT2D eigenvalue weighted by atomic mass is 9.78. The Morgan fingerprint density at radius 3 is 2.28 bits per heavy atom. The van der Waals surface area contributed by atoms with E-state index in [9.17, 15) is 39.9 Å². The van der Waals surface area contributed by atoms with Crippen molar-refractivity contribution in [3.63, 3.8) is 0 Å². The van der Waals surface area contributed by atoms with Crippen LogP contribution in [-0.2, 0) is 14.3 Å². The van der Waals surface area contributed by atoms with Gasteiger partial charge in [-0.3, -0.25) is 9.59 Å². The van der Waals surface area contributed by atoms with E-state index in [1.165, 1.54) is 0 Å². The van der Waals surface area contributed by atoms with Crippen LogP contribution >= 0.6 is 34.5 Å². The van der Waals surface area contributed by atoms with Crippen molar-refractivity contribution in [3.05, 3.63) is 99.3 Å². The maximum absolute atomic E-state index is 14.3. The summed E-state index contributed by atoms with van der Waals surface area (Å²) in [6, 6.07) is 19.0. The number of thiophene rings is 1. The molecule has 53 heavy (non-hydrogen) atoms. The average molecular weight is 782 g/mol. The standard InChI is InChI=1S/C38H34Cl2N2O10S/c39-13-17-15-41(23-11-25(43)19-5-1-3-7-21(19)29(17)23)35(47)27-9-10-28(53-27)36(48)42-16-18(14-40)30-22-8-4-2-6-20(22)26(12-24(30)42)51-38-33(46)31(44)32(45)34(52-38)37(49)50/h1-12,17-18,24,30-34,38,43-46H,13-16H2,(H,49,50). The summed E-state index contributed by atoms with van der Waals surface area (Å²) in [6.07, 6.45) is -7.34. The molecule has 276 valence electrons. The number of phenolic OH excluding ortho intramolecular Hbond substituents is 1. The Balaban J connectivity index is 1.09. The highest BCUT2D eigenvalue weighted by Crippen LogP contribution is 2.49. The van der Waals surface area contributed by atoms with Gasteiger partial charge in [0.05, 0.1) is 21.5 Å². The zero-order chi connectivity index (χ0) is 37.3. The molecule has 1 aliphatic carbocycles. The molecule has 9 unspecified atom stereocenters. The van der Waals surface area contributed by atoms with Crippen LogP contribution in [0, 0.1) is 5.92 Å². The molecule has 3 aliphatic heterocycles. The van der Waals surface area contributed by atoms with Gasteiger partial charge in [0.25, 0.3) is 11.8 Å². The number of benzene rings is 3. The van der Waals surface area contributed by atoms with Gasteiger partial charge in [-0.1, -0.05) is 48.5 Å². The molecule has 9 atom stereocenters. The van der Waals surface area contributed by atoms with E-state index >= 15 is 0 Å². The molecule has 0 radical (unpaired) electrons. The molecule has 2 amide bonds. The van der Waals surface area contributed by atoms with E-state index in [2.05, 4.69) is 0 Å². The molecule has 4 aliphatic rings. The molecular weight excluding hydrogens is 747 g/mol. The number of anilines is 1. The Bertz CT molecular complexity index is 2160. The van der Waals surface area contributed by atoms with E-state index in [0.717, 1.165) is 27.8 Å². The van der Waals surface area contributed by atoms with E-state index in [1.54, 1.807) is 46.2 Å². The second kappa shape index (κ2) is 13.9. The quantitative estimate of drug-likeness (QED) is 0.170. The van der Waals surface area contributed by atoms with Crippen molar-refractivity contribution in [2.45, 2.75) is 48.6 Å². The number of nitrogens with zero attached hydrogens (tertiary/aromatic N) is 2. The number of fused-ring (bicyclic) bond motifs is 6. The molecule has 3 aromatic carbocycles. The van der Waals surface area contributed by atoms with Crippen molar-refractivity contribution in [2.75, 3.05) is 29.7 Å². The predicted octanol–water partition coefficient (Wildman–Crippen LogP) is 4.32. The van der Waals surface area contributed by atoms with Crippen LogP contribution < -0.4 is 4.90 Å². The van der Waals surface area contributed by atoms with Gasteiger partial charge in [-0.15, -0.1) is 34.5 Å². The molecule has 2 fully saturated rings. The fraction of sp³-hybridized carbons (Fsp3) is 0.342. The van der Waals surface area contributed by atoms with Crippen molar-refractivity contribution in [2.24, 2.45) is 5.92 Å². The van der Waals surface area contributed by atoms with Gasteiger partial charge in [-0.25, -0.2) is 4.79 Å². The number of hydrogen-bond donors (Lipinski definition) is 5. The average Bonchev–Trinajstić information content (AvgIpc) is 3.90. The van der Waals surface area contributed by atoms with Gasteiger partial charge < -0.3 is 44.8 Å². The highest BCUT2D eigenvalue weighted by atomic mass is 35.5. The molecular formula is C38H34Cl2N2O10S. The minimum Gasteiger partial charge on any atom is -0.507 e. The second-order valence-electron chi connectivity index (χ2n) is 13.7. The van der Waals surface area contributed by atoms with E-state index in [-0.39, 0.29) is 59.4 Å². The number of halogens is 2. The summed E-state index contributed by atoms with van der Waals surface area (Å²) in [5.41, 5.74) is 2.90. The van der Waals surface area contributed by atoms with Crippen LogP contribution in [0.3, 0.4) is 0 Å². The van der Waals surface area contributed by atoms with E-state index in [1.807, 2.05) is 36.4 Å². The summed E-state index contributed by atoms with van der Waals surface area (Å²) in [4.78, 5) is 44.0. The number of aliphatic carboxylic acids is 1. The molecule has 5 N–H and O–H groups in total. The number of carbonyl (C=O) groups excluding carboxylic acids is 2. The van der Waals surface area contributed by atoms with E-state index < -0.39 is 42.7 Å². The zero-order valence-corrected chi connectivity index (χ0v) is 30.1. The molecule has 2 saturated heterocycles.